The van der Waals surface area contributed by atoms with Crippen molar-refractivity contribution < 1.29 is 9.59 Å². The number of rotatable bonds is 2. The molecular formula is C10H14N4O2. The van der Waals surface area contributed by atoms with Crippen molar-refractivity contribution in [2.24, 2.45) is 0 Å². The van der Waals surface area contributed by atoms with Crippen molar-refractivity contribution >= 4 is 17.5 Å². The summed E-state index contributed by atoms with van der Waals surface area (Å²) in [6, 6.07) is -0.476. The van der Waals surface area contributed by atoms with Crippen LogP contribution in [0.2, 0.25) is 0 Å². The van der Waals surface area contributed by atoms with Crippen LogP contribution in [-0.4, -0.2) is 34.2 Å². The van der Waals surface area contributed by atoms with Gasteiger partial charge >= 0.3 is 0 Å². The summed E-state index contributed by atoms with van der Waals surface area (Å²) >= 11 is 0. The molecule has 2 heterocycles. The Labute approximate surface area is 93.2 Å². The number of carbonyl (C=O) groups excluding carboxylic acids is 2. The van der Waals surface area contributed by atoms with Crippen LogP contribution in [-0.2, 0) is 16.1 Å². The van der Waals surface area contributed by atoms with E-state index in [9.17, 15) is 9.59 Å². The fraction of sp³-hybridized carbons (Fsp3) is 0.500. The minimum absolute atomic E-state index is 0.0560. The molecule has 16 heavy (non-hydrogen) atoms. The average molecular weight is 222 g/mol. The highest BCUT2D eigenvalue weighted by molar-refractivity contribution is 6.06. The number of nitrogens with one attached hydrogen (secondary N) is 1. The number of nitrogens with zero attached hydrogens (tertiary/aromatic N) is 3. The Morgan fingerprint density at radius 3 is 2.94 bits per heavy atom. The van der Waals surface area contributed by atoms with Gasteiger partial charge in [0.05, 0.1) is 18.4 Å². The fourth-order valence-corrected chi connectivity index (χ4v) is 1.75. The summed E-state index contributed by atoms with van der Waals surface area (Å²) in [5, 5.41) is 6.64. The average Bonchev–Trinajstić information content (AvgIpc) is 2.73. The molecule has 1 aliphatic rings. The molecule has 1 aromatic heterocycles. The second-order valence-corrected chi connectivity index (χ2v) is 3.71. The summed E-state index contributed by atoms with van der Waals surface area (Å²) in [5.74, 6) is -0.244. The van der Waals surface area contributed by atoms with Crippen molar-refractivity contribution in [2.75, 3.05) is 11.4 Å². The molecule has 0 spiro atoms. The predicted octanol–water partition coefficient (Wildman–Crippen LogP) is -0.246. The molecule has 0 radical (unpaired) electrons. The molecule has 1 aliphatic heterocycles. The van der Waals surface area contributed by atoms with Crippen molar-refractivity contribution in [1.82, 2.24) is 15.1 Å². The Hall–Kier alpha value is -1.85. The van der Waals surface area contributed by atoms with Gasteiger partial charge in [-0.15, -0.1) is 0 Å². The summed E-state index contributed by atoms with van der Waals surface area (Å²) in [5.41, 5.74) is 0.675. The Balaban J connectivity index is 2.29. The van der Waals surface area contributed by atoms with Gasteiger partial charge in [-0.1, -0.05) is 0 Å². The summed E-state index contributed by atoms with van der Waals surface area (Å²) in [6.45, 7) is 4.46. The van der Waals surface area contributed by atoms with Gasteiger partial charge < -0.3 is 5.32 Å². The molecule has 1 unspecified atom stereocenters. The van der Waals surface area contributed by atoms with E-state index in [0.29, 0.717) is 5.69 Å². The van der Waals surface area contributed by atoms with Crippen molar-refractivity contribution in [1.29, 1.82) is 0 Å². The third kappa shape index (κ3) is 1.66. The molecule has 0 saturated carbocycles. The van der Waals surface area contributed by atoms with Crippen LogP contribution < -0.4 is 10.2 Å². The van der Waals surface area contributed by atoms with E-state index in [1.54, 1.807) is 24.0 Å². The number of piperazine rings is 1. The van der Waals surface area contributed by atoms with Crippen LogP contribution in [0.3, 0.4) is 0 Å². The van der Waals surface area contributed by atoms with Gasteiger partial charge in [0.25, 0.3) is 0 Å². The Bertz CT molecular complexity index is 426. The maximum Gasteiger partial charge on any atom is 0.247 e. The molecule has 1 aromatic rings. The third-order valence-corrected chi connectivity index (χ3v) is 2.67. The second kappa shape index (κ2) is 3.96. The van der Waals surface area contributed by atoms with Crippen LogP contribution >= 0.6 is 0 Å². The van der Waals surface area contributed by atoms with Gasteiger partial charge in [-0.2, -0.15) is 5.10 Å². The Morgan fingerprint density at radius 2 is 2.31 bits per heavy atom. The van der Waals surface area contributed by atoms with Crippen LogP contribution in [0.25, 0.3) is 0 Å². The molecule has 6 heteroatoms. The zero-order valence-corrected chi connectivity index (χ0v) is 9.30. The van der Waals surface area contributed by atoms with E-state index in [-0.39, 0.29) is 18.4 Å². The lowest BCUT2D eigenvalue weighted by Gasteiger charge is -2.31. The van der Waals surface area contributed by atoms with E-state index in [4.69, 9.17) is 0 Å². The van der Waals surface area contributed by atoms with E-state index < -0.39 is 6.04 Å². The second-order valence-electron chi connectivity index (χ2n) is 3.71. The minimum Gasteiger partial charge on any atom is -0.345 e. The van der Waals surface area contributed by atoms with Gasteiger partial charge in [-0.3, -0.25) is 19.2 Å². The van der Waals surface area contributed by atoms with Crippen LogP contribution in [0, 0.1) is 0 Å². The molecule has 2 rings (SSSR count). The zero-order valence-electron chi connectivity index (χ0n) is 9.30. The maximum atomic E-state index is 11.7. The Morgan fingerprint density at radius 1 is 1.56 bits per heavy atom. The highest BCUT2D eigenvalue weighted by Gasteiger charge is 2.32. The summed E-state index contributed by atoms with van der Waals surface area (Å²) in [6.07, 6.45) is 3.38. The molecule has 86 valence electrons. The standard InChI is InChI=1S/C10H14N4O2/c1-3-13-6-8(4-12-13)14-7(2)10(16)11-5-9(14)15/h4,6-7H,3,5H2,1-2H3,(H,11,16). The zero-order chi connectivity index (χ0) is 11.7. The van der Waals surface area contributed by atoms with Gasteiger partial charge in [0.1, 0.15) is 6.04 Å². The van der Waals surface area contributed by atoms with Crippen molar-refractivity contribution in [3.05, 3.63) is 12.4 Å². The number of amides is 2. The number of aromatic nitrogens is 2. The number of hydrogen-bond donors (Lipinski definition) is 1. The van der Waals surface area contributed by atoms with E-state index in [1.165, 1.54) is 4.90 Å². The third-order valence-electron chi connectivity index (χ3n) is 2.67. The highest BCUT2D eigenvalue weighted by Crippen LogP contribution is 2.18. The predicted molar refractivity (Wildman–Crippen MR) is 57.9 cm³/mol. The van der Waals surface area contributed by atoms with Crippen LogP contribution in [0.15, 0.2) is 12.4 Å². The van der Waals surface area contributed by atoms with Gasteiger partial charge in [0, 0.05) is 12.7 Å². The lowest BCUT2D eigenvalue weighted by atomic mass is 10.2. The van der Waals surface area contributed by atoms with Gasteiger partial charge in [-0.05, 0) is 13.8 Å². The van der Waals surface area contributed by atoms with Crippen molar-refractivity contribution in [2.45, 2.75) is 26.4 Å². The number of hydrogen-bond acceptors (Lipinski definition) is 3. The molecule has 0 aromatic carbocycles. The van der Waals surface area contributed by atoms with Crippen LogP contribution in [0.5, 0.6) is 0 Å². The van der Waals surface area contributed by atoms with E-state index >= 15 is 0 Å². The maximum absolute atomic E-state index is 11.7. The monoisotopic (exact) mass is 222 g/mol. The van der Waals surface area contributed by atoms with Gasteiger partial charge in [-0.25, -0.2) is 0 Å². The minimum atomic E-state index is -0.476. The van der Waals surface area contributed by atoms with Gasteiger partial charge in [0.2, 0.25) is 11.8 Å². The smallest absolute Gasteiger partial charge is 0.247 e. The first-order valence-electron chi connectivity index (χ1n) is 5.25. The fourth-order valence-electron chi connectivity index (χ4n) is 1.75. The summed E-state index contributed by atoms with van der Waals surface area (Å²) in [4.78, 5) is 24.7. The van der Waals surface area contributed by atoms with E-state index in [2.05, 4.69) is 10.4 Å². The topological polar surface area (TPSA) is 67.2 Å². The first-order valence-corrected chi connectivity index (χ1v) is 5.25. The van der Waals surface area contributed by atoms with Crippen LogP contribution in [0.1, 0.15) is 13.8 Å². The highest BCUT2D eigenvalue weighted by atomic mass is 16.2. The molecule has 0 bridgehead atoms. The molecule has 1 atom stereocenters. The normalized spacial score (nSPS) is 21.1. The molecule has 1 saturated heterocycles. The molecule has 6 nitrogen and oxygen atoms in total. The molecule has 0 aliphatic carbocycles. The number of anilines is 1. The number of aryl methyl sites for hydroxylation is 1. The van der Waals surface area contributed by atoms with Crippen molar-refractivity contribution in [3.63, 3.8) is 0 Å². The SMILES string of the molecule is CCn1cc(N2C(=O)CNC(=O)C2C)cn1. The summed E-state index contributed by atoms with van der Waals surface area (Å²) < 4.78 is 1.72. The lowest BCUT2D eigenvalue weighted by Crippen LogP contribution is -2.57. The molecule has 1 fully saturated rings. The lowest BCUT2D eigenvalue weighted by molar-refractivity contribution is -0.130. The van der Waals surface area contributed by atoms with E-state index in [1.807, 2.05) is 6.92 Å². The quantitative estimate of drug-likeness (QED) is 0.750. The van der Waals surface area contributed by atoms with Gasteiger partial charge in [0.15, 0.2) is 0 Å². The first-order chi connectivity index (χ1) is 7.63. The largest absolute Gasteiger partial charge is 0.345 e. The Kier molecular flexibility index (Phi) is 2.64. The van der Waals surface area contributed by atoms with Crippen molar-refractivity contribution in [3.8, 4) is 0 Å². The summed E-state index contributed by atoms with van der Waals surface area (Å²) in [7, 11) is 0. The first kappa shape index (κ1) is 10.7. The molecule has 2 amide bonds. The van der Waals surface area contributed by atoms with E-state index in [0.717, 1.165) is 6.54 Å². The van der Waals surface area contributed by atoms with Crippen LogP contribution in [0.4, 0.5) is 5.69 Å². The molecular weight excluding hydrogens is 208 g/mol. The number of carbonyl (C=O) groups is 2. The molecule has 1 N–H and O–H groups in total.